The van der Waals surface area contributed by atoms with Gasteiger partial charge in [-0.05, 0) is 49.7 Å². The molecule has 19 heavy (non-hydrogen) atoms. The predicted octanol–water partition coefficient (Wildman–Crippen LogP) is 2.42. The summed E-state index contributed by atoms with van der Waals surface area (Å²) in [6, 6.07) is 4.06. The topological polar surface area (TPSA) is 53.6 Å². The number of halogens is 1. The Balaban J connectivity index is 2.21. The van der Waals surface area contributed by atoms with Gasteiger partial charge in [0.2, 0.25) is 0 Å². The first kappa shape index (κ1) is 14.1. The smallest absolute Gasteiger partial charge is 0.184 e. The Bertz CT molecular complexity index is 510. The van der Waals surface area contributed by atoms with Crippen molar-refractivity contribution >= 4 is 40.8 Å². The molecule has 0 atom stereocenters. The van der Waals surface area contributed by atoms with Crippen molar-refractivity contribution in [2.24, 2.45) is 10.8 Å². The molecule has 0 amide bonds. The van der Waals surface area contributed by atoms with Crippen LogP contribution in [0.15, 0.2) is 17.2 Å². The van der Waals surface area contributed by atoms with Gasteiger partial charge in [-0.25, -0.2) is 0 Å². The Morgan fingerprint density at radius 1 is 1.47 bits per heavy atom. The van der Waals surface area contributed by atoms with Crippen LogP contribution in [0.3, 0.4) is 0 Å². The van der Waals surface area contributed by atoms with Gasteiger partial charge < -0.3 is 10.6 Å². The highest BCUT2D eigenvalue weighted by molar-refractivity contribution is 7.80. The number of thiocarbonyl (C=S) groups is 1. The molecular formula is C13H17ClN4S. The van der Waals surface area contributed by atoms with E-state index in [4.69, 9.17) is 17.3 Å². The fourth-order valence-corrected chi connectivity index (χ4v) is 2.52. The second-order valence-corrected chi connectivity index (χ2v) is 5.36. The highest BCUT2D eigenvalue weighted by atomic mass is 35.5. The van der Waals surface area contributed by atoms with Crippen LogP contribution < -0.4 is 16.1 Å². The van der Waals surface area contributed by atoms with E-state index in [1.807, 2.05) is 13.0 Å². The van der Waals surface area contributed by atoms with Gasteiger partial charge in [0.1, 0.15) is 0 Å². The van der Waals surface area contributed by atoms with Crippen LogP contribution in [0.1, 0.15) is 24.0 Å². The lowest BCUT2D eigenvalue weighted by Gasteiger charge is -2.21. The molecule has 1 aliphatic rings. The Kier molecular flexibility index (Phi) is 4.61. The maximum absolute atomic E-state index is 6.38. The molecule has 2 rings (SSSR count). The molecule has 0 spiro atoms. The first-order valence-electron chi connectivity index (χ1n) is 6.22. The second kappa shape index (κ2) is 6.21. The van der Waals surface area contributed by atoms with Gasteiger partial charge in [-0.2, -0.15) is 5.10 Å². The summed E-state index contributed by atoms with van der Waals surface area (Å²) in [7, 11) is 0. The average Bonchev–Trinajstić information content (AvgIpc) is 2.88. The van der Waals surface area contributed by atoms with Gasteiger partial charge in [0.05, 0.1) is 11.2 Å². The number of nitrogens with two attached hydrogens (primary N) is 1. The lowest BCUT2D eigenvalue weighted by molar-refractivity contribution is 0.949. The van der Waals surface area contributed by atoms with Crippen molar-refractivity contribution < 1.29 is 0 Å². The van der Waals surface area contributed by atoms with E-state index in [2.05, 4.69) is 33.7 Å². The van der Waals surface area contributed by atoms with Crippen LogP contribution in [0.4, 0.5) is 5.69 Å². The van der Waals surface area contributed by atoms with Crippen LogP contribution in [0, 0.1) is 6.92 Å². The Labute approximate surface area is 123 Å². The lowest BCUT2D eigenvalue weighted by Crippen LogP contribution is -2.24. The SMILES string of the molecule is Cc1c(N2CCCC2)ccc(C=NNC(N)=S)c1Cl. The summed E-state index contributed by atoms with van der Waals surface area (Å²) in [6.45, 7) is 4.25. The summed E-state index contributed by atoms with van der Waals surface area (Å²) in [5, 5.41) is 4.79. The van der Waals surface area contributed by atoms with Crippen molar-refractivity contribution in [3.8, 4) is 0 Å². The first-order chi connectivity index (χ1) is 9.09. The van der Waals surface area contributed by atoms with E-state index in [9.17, 15) is 0 Å². The van der Waals surface area contributed by atoms with Crippen LogP contribution in [0.25, 0.3) is 0 Å². The monoisotopic (exact) mass is 296 g/mol. The van der Waals surface area contributed by atoms with E-state index < -0.39 is 0 Å². The summed E-state index contributed by atoms with van der Waals surface area (Å²) in [5.74, 6) is 0. The van der Waals surface area contributed by atoms with Crippen molar-refractivity contribution in [3.63, 3.8) is 0 Å². The molecule has 0 saturated carbocycles. The minimum Gasteiger partial charge on any atom is -0.375 e. The number of nitrogens with zero attached hydrogens (tertiary/aromatic N) is 2. The van der Waals surface area contributed by atoms with Crippen molar-refractivity contribution in [2.45, 2.75) is 19.8 Å². The summed E-state index contributed by atoms with van der Waals surface area (Å²) in [5.41, 5.74) is 11.0. The van der Waals surface area contributed by atoms with Gasteiger partial charge in [-0.3, -0.25) is 5.43 Å². The van der Waals surface area contributed by atoms with E-state index >= 15 is 0 Å². The summed E-state index contributed by atoms with van der Waals surface area (Å²) in [6.07, 6.45) is 4.12. The summed E-state index contributed by atoms with van der Waals surface area (Å²) >= 11 is 11.1. The van der Waals surface area contributed by atoms with Crippen LogP contribution >= 0.6 is 23.8 Å². The molecule has 6 heteroatoms. The van der Waals surface area contributed by atoms with Crippen LogP contribution in [-0.2, 0) is 0 Å². The molecule has 1 saturated heterocycles. The lowest BCUT2D eigenvalue weighted by atomic mass is 10.1. The Hall–Kier alpha value is -1.33. The van der Waals surface area contributed by atoms with Gasteiger partial charge in [-0.15, -0.1) is 0 Å². The molecule has 102 valence electrons. The summed E-state index contributed by atoms with van der Waals surface area (Å²) in [4.78, 5) is 2.37. The fourth-order valence-electron chi connectivity index (χ4n) is 2.26. The number of rotatable bonds is 3. The van der Waals surface area contributed by atoms with Gasteiger partial charge >= 0.3 is 0 Å². The number of anilines is 1. The summed E-state index contributed by atoms with van der Waals surface area (Å²) < 4.78 is 0. The normalized spacial score (nSPS) is 15.2. The van der Waals surface area contributed by atoms with Crippen LogP contribution in [0.2, 0.25) is 5.02 Å². The molecule has 4 nitrogen and oxygen atoms in total. The van der Waals surface area contributed by atoms with E-state index in [1.165, 1.54) is 18.5 Å². The van der Waals surface area contributed by atoms with Gasteiger partial charge in [0.25, 0.3) is 0 Å². The quantitative estimate of drug-likeness (QED) is 0.511. The number of benzene rings is 1. The van der Waals surface area contributed by atoms with Gasteiger partial charge in [-0.1, -0.05) is 11.6 Å². The number of hydrogen-bond acceptors (Lipinski definition) is 3. The highest BCUT2D eigenvalue weighted by Crippen LogP contribution is 2.31. The zero-order valence-corrected chi connectivity index (χ0v) is 12.4. The standard InChI is InChI=1S/C13H17ClN4S/c1-9-11(18-6-2-3-7-18)5-4-10(12(9)14)8-16-17-13(15)19/h4-5,8H,2-3,6-7H2,1H3,(H3,15,17,19). The minimum atomic E-state index is 0.137. The Morgan fingerprint density at radius 2 is 2.16 bits per heavy atom. The maximum atomic E-state index is 6.38. The zero-order valence-electron chi connectivity index (χ0n) is 10.8. The average molecular weight is 297 g/mol. The third-order valence-electron chi connectivity index (χ3n) is 3.21. The van der Waals surface area contributed by atoms with E-state index in [-0.39, 0.29) is 5.11 Å². The third kappa shape index (κ3) is 3.36. The molecular weight excluding hydrogens is 280 g/mol. The van der Waals surface area contributed by atoms with Gasteiger partial charge in [0.15, 0.2) is 5.11 Å². The number of hydrogen-bond donors (Lipinski definition) is 2. The van der Waals surface area contributed by atoms with E-state index in [0.717, 1.165) is 29.2 Å². The molecule has 1 heterocycles. The molecule has 1 aliphatic heterocycles. The molecule has 3 N–H and O–H groups in total. The van der Waals surface area contributed by atoms with Crippen molar-refractivity contribution in [2.75, 3.05) is 18.0 Å². The molecule has 0 aromatic heterocycles. The fraction of sp³-hybridized carbons (Fsp3) is 0.385. The zero-order chi connectivity index (χ0) is 13.8. The van der Waals surface area contributed by atoms with E-state index in [0.29, 0.717) is 0 Å². The largest absolute Gasteiger partial charge is 0.375 e. The number of nitrogens with one attached hydrogen (secondary N) is 1. The van der Waals surface area contributed by atoms with Gasteiger partial charge in [0, 0.05) is 24.3 Å². The predicted molar refractivity (Wildman–Crippen MR) is 85.2 cm³/mol. The molecule has 1 aromatic carbocycles. The van der Waals surface area contributed by atoms with Crippen LogP contribution in [0.5, 0.6) is 0 Å². The van der Waals surface area contributed by atoms with Crippen LogP contribution in [-0.4, -0.2) is 24.4 Å². The van der Waals surface area contributed by atoms with Crippen molar-refractivity contribution in [1.29, 1.82) is 0 Å². The second-order valence-electron chi connectivity index (χ2n) is 4.54. The molecule has 0 bridgehead atoms. The molecule has 1 fully saturated rings. The van der Waals surface area contributed by atoms with Crippen molar-refractivity contribution in [1.82, 2.24) is 5.43 Å². The first-order valence-corrected chi connectivity index (χ1v) is 7.01. The van der Waals surface area contributed by atoms with Crippen molar-refractivity contribution in [3.05, 3.63) is 28.3 Å². The molecule has 0 radical (unpaired) electrons. The maximum Gasteiger partial charge on any atom is 0.184 e. The minimum absolute atomic E-state index is 0.137. The molecule has 1 aromatic rings. The van der Waals surface area contributed by atoms with E-state index in [1.54, 1.807) is 6.21 Å². The molecule has 0 unspecified atom stereocenters. The third-order valence-corrected chi connectivity index (χ3v) is 3.81. The number of hydrazone groups is 1. The molecule has 0 aliphatic carbocycles. The highest BCUT2D eigenvalue weighted by Gasteiger charge is 2.16. The Morgan fingerprint density at radius 3 is 2.79 bits per heavy atom.